The van der Waals surface area contributed by atoms with E-state index in [1.54, 1.807) is 18.2 Å². The van der Waals surface area contributed by atoms with Crippen molar-refractivity contribution in [3.8, 4) is 0 Å². The number of halogens is 3. The topological polar surface area (TPSA) is 49.4 Å². The average Bonchev–Trinajstić information content (AvgIpc) is 2.95. The van der Waals surface area contributed by atoms with E-state index in [4.69, 9.17) is 23.2 Å². The highest BCUT2D eigenvalue weighted by atomic mass is 79.9. The molecule has 0 spiro atoms. The third kappa shape index (κ3) is 4.00. The molecule has 0 unspecified atom stereocenters. The maximum absolute atomic E-state index is 12.5. The predicted octanol–water partition coefficient (Wildman–Crippen LogP) is 5.06. The first-order valence-corrected chi connectivity index (χ1v) is 9.22. The molecule has 25 heavy (non-hydrogen) atoms. The van der Waals surface area contributed by atoms with Gasteiger partial charge in [-0.1, -0.05) is 39.1 Å². The summed E-state index contributed by atoms with van der Waals surface area (Å²) in [4.78, 5) is 26.4. The molecule has 1 heterocycles. The lowest BCUT2D eigenvalue weighted by atomic mass is 10.1. The van der Waals surface area contributed by atoms with Gasteiger partial charge in [0.05, 0.1) is 16.6 Å². The number of carbonyl (C=O) groups is 2. The molecule has 4 nitrogen and oxygen atoms in total. The van der Waals surface area contributed by atoms with Gasteiger partial charge in [-0.25, -0.2) is 0 Å². The van der Waals surface area contributed by atoms with Crippen LogP contribution in [-0.4, -0.2) is 18.4 Å². The van der Waals surface area contributed by atoms with Crippen molar-refractivity contribution in [3.63, 3.8) is 0 Å². The number of anilines is 2. The molecule has 1 aliphatic rings. The van der Waals surface area contributed by atoms with Crippen molar-refractivity contribution in [1.82, 2.24) is 0 Å². The maximum atomic E-state index is 12.5. The van der Waals surface area contributed by atoms with Crippen LogP contribution in [0.2, 0.25) is 10.0 Å². The van der Waals surface area contributed by atoms with Crippen LogP contribution in [0.1, 0.15) is 12.0 Å². The molecule has 2 aromatic rings. The van der Waals surface area contributed by atoms with Crippen molar-refractivity contribution in [2.24, 2.45) is 5.92 Å². The molecular weight excluding hydrogens is 427 g/mol. The van der Waals surface area contributed by atoms with Crippen LogP contribution in [0.5, 0.6) is 0 Å². The Labute approximate surface area is 164 Å². The fraction of sp³-hybridized carbons (Fsp3) is 0.222. The van der Waals surface area contributed by atoms with E-state index in [-0.39, 0.29) is 24.8 Å². The van der Waals surface area contributed by atoms with Crippen LogP contribution in [0, 0.1) is 12.8 Å². The number of amides is 2. The molecule has 0 aromatic heterocycles. The molecule has 1 saturated heterocycles. The molecule has 1 atom stereocenters. The van der Waals surface area contributed by atoms with Crippen molar-refractivity contribution >= 4 is 62.3 Å². The summed E-state index contributed by atoms with van der Waals surface area (Å²) >= 11 is 15.6. The van der Waals surface area contributed by atoms with Gasteiger partial charge in [0.15, 0.2) is 0 Å². The van der Waals surface area contributed by atoms with Gasteiger partial charge in [0.25, 0.3) is 0 Å². The van der Waals surface area contributed by atoms with Gasteiger partial charge in [-0.15, -0.1) is 0 Å². The first-order valence-electron chi connectivity index (χ1n) is 7.67. The predicted molar refractivity (Wildman–Crippen MR) is 104 cm³/mol. The van der Waals surface area contributed by atoms with E-state index in [0.717, 1.165) is 10.0 Å². The normalized spacial score (nSPS) is 17.0. The summed E-state index contributed by atoms with van der Waals surface area (Å²) in [5, 5.41) is 3.80. The number of nitrogens with zero attached hydrogens (tertiary/aromatic N) is 1. The number of hydrogen-bond donors (Lipinski definition) is 1. The molecule has 1 N–H and O–H groups in total. The highest BCUT2D eigenvalue weighted by Gasteiger charge is 2.36. The highest BCUT2D eigenvalue weighted by molar-refractivity contribution is 9.10. The summed E-state index contributed by atoms with van der Waals surface area (Å²) < 4.78 is 0.975. The Balaban J connectivity index is 1.74. The summed E-state index contributed by atoms with van der Waals surface area (Å²) in [6.07, 6.45) is 0.143. The Morgan fingerprint density at radius 1 is 1.24 bits per heavy atom. The van der Waals surface area contributed by atoms with E-state index in [1.807, 2.05) is 25.1 Å². The number of nitrogens with one attached hydrogen (secondary N) is 1. The van der Waals surface area contributed by atoms with Gasteiger partial charge >= 0.3 is 0 Å². The molecule has 2 aromatic carbocycles. The van der Waals surface area contributed by atoms with E-state index in [2.05, 4.69) is 21.2 Å². The monoisotopic (exact) mass is 440 g/mol. The minimum Gasteiger partial charge on any atom is -0.326 e. The van der Waals surface area contributed by atoms with Crippen molar-refractivity contribution < 1.29 is 9.59 Å². The molecule has 0 radical (unpaired) electrons. The van der Waals surface area contributed by atoms with Gasteiger partial charge in [-0.05, 0) is 48.9 Å². The second kappa shape index (κ2) is 7.36. The van der Waals surface area contributed by atoms with Gasteiger partial charge in [0.1, 0.15) is 0 Å². The lowest BCUT2D eigenvalue weighted by Crippen LogP contribution is -2.28. The molecule has 0 saturated carbocycles. The molecule has 1 fully saturated rings. The first kappa shape index (κ1) is 18.2. The fourth-order valence-corrected chi connectivity index (χ4v) is 3.41. The minimum atomic E-state index is -0.438. The van der Waals surface area contributed by atoms with Crippen molar-refractivity contribution in [2.45, 2.75) is 13.3 Å². The van der Waals surface area contributed by atoms with Gasteiger partial charge in [-0.2, -0.15) is 0 Å². The Morgan fingerprint density at radius 2 is 2.00 bits per heavy atom. The molecule has 3 rings (SSSR count). The Hall–Kier alpha value is -1.56. The van der Waals surface area contributed by atoms with E-state index in [1.165, 1.54) is 4.90 Å². The lowest BCUT2D eigenvalue weighted by Gasteiger charge is -2.18. The van der Waals surface area contributed by atoms with Crippen molar-refractivity contribution in [1.29, 1.82) is 0 Å². The zero-order chi connectivity index (χ0) is 18.1. The maximum Gasteiger partial charge on any atom is 0.229 e. The molecule has 0 aliphatic carbocycles. The zero-order valence-corrected chi connectivity index (χ0v) is 16.5. The Bertz CT molecular complexity index is 857. The molecule has 2 amide bonds. The third-order valence-corrected chi connectivity index (χ3v) is 5.56. The quantitative estimate of drug-likeness (QED) is 0.723. The summed E-state index contributed by atoms with van der Waals surface area (Å²) in [5.41, 5.74) is 2.26. The van der Waals surface area contributed by atoms with Crippen molar-refractivity contribution in [2.75, 3.05) is 16.8 Å². The first-order chi connectivity index (χ1) is 11.8. The number of rotatable bonds is 3. The molecule has 0 bridgehead atoms. The van der Waals surface area contributed by atoms with Crippen LogP contribution in [0.4, 0.5) is 11.4 Å². The standard InChI is InChI=1S/C18H15BrCl2N2O2/c1-10-6-13(3-4-14(10)19)22-18(25)11-7-17(24)23(9-11)16-8-12(20)2-5-15(16)21/h2-6,8,11H,7,9H2,1H3,(H,22,25)/t11-/m1/s1. The largest absolute Gasteiger partial charge is 0.326 e. The van der Waals surface area contributed by atoms with Gasteiger partial charge in [0, 0.05) is 28.1 Å². The van der Waals surface area contributed by atoms with Gasteiger partial charge in [-0.3, -0.25) is 9.59 Å². The third-order valence-electron chi connectivity index (χ3n) is 4.12. The molecular formula is C18H15BrCl2N2O2. The van der Waals surface area contributed by atoms with Crippen LogP contribution in [0.25, 0.3) is 0 Å². The van der Waals surface area contributed by atoms with E-state index in [0.29, 0.717) is 21.4 Å². The zero-order valence-electron chi connectivity index (χ0n) is 13.4. The number of aryl methyl sites for hydroxylation is 1. The summed E-state index contributed by atoms with van der Waals surface area (Å²) in [6.45, 7) is 2.22. The lowest BCUT2D eigenvalue weighted by molar-refractivity contribution is -0.122. The second-order valence-corrected chi connectivity index (χ2v) is 7.65. The number of carbonyl (C=O) groups excluding carboxylic acids is 2. The fourth-order valence-electron chi connectivity index (χ4n) is 2.78. The minimum absolute atomic E-state index is 0.142. The highest BCUT2D eigenvalue weighted by Crippen LogP contribution is 2.33. The van der Waals surface area contributed by atoms with E-state index < -0.39 is 5.92 Å². The van der Waals surface area contributed by atoms with Crippen LogP contribution in [0.3, 0.4) is 0 Å². The Morgan fingerprint density at radius 3 is 2.72 bits per heavy atom. The summed E-state index contributed by atoms with van der Waals surface area (Å²) in [6, 6.07) is 10.5. The van der Waals surface area contributed by atoms with Crippen molar-refractivity contribution in [3.05, 3.63) is 56.5 Å². The molecule has 7 heteroatoms. The van der Waals surface area contributed by atoms with Crippen LogP contribution >= 0.6 is 39.1 Å². The van der Waals surface area contributed by atoms with Crippen LogP contribution < -0.4 is 10.2 Å². The van der Waals surface area contributed by atoms with E-state index in [9.17, 15) is 9.59 Å². The van der Waals surface area contributed by atoms with Gasteiger partial charge in [0.2, 0.25) is 11.8 Å². The summed E-state index contributed by atoms with van der Waals surface area (Å²) in [7, 11) is 0. The van der Waals surface area contributed by atoms with Gasteiger partial charge < -0.3 is 10.2 Å². The average molecular weight is 442 g/mol. The number of hydrogen-bond acceptors (Lipinski definition) is 2. The second-order valence-electron chi connectivity index (χ2n) is 5.95. The van der Waals surface area contributed by atoms with Crippen LogP contribution in [-0.2, 0) is 9.59 Å². The van der Waals surface area contributed by atoms with Crippen LogP contribution in [0.15, 0.2) is 40.9 Å². The molecule has 1 aliphatic heterocycles. The number of benzene rings is 2. The smallest absolute Gasteiger partial charge is 0.229 e. The summed E-state index contributed by atoms with van der Waals surface area (Å²) in [5.74, 6) is -0.765. The SMILES string of the molecule is Cc1cc(NC(=O)[C@@H]2CC(=O)N(c3cc(Cl)ccc3Cl)C2)ccc1Br. The Kier molecular flexibility index (Phi) is 5.37. The molecule has 130 valence electrons. The van der Waals surface area contributed by atoms with E-state index >= 15 is 0 Å².